The molecule has 0 radical (unpaired) electrons. The van der Waals surface area contributed by atoms with Gasteiger partial charge in [0.05, 0.1) is 29.9 Å². The van der Waals surface area contributed by atoms with E-state index in [-0.39, 0.29) is 17.1 Å². The van der Waals surface area contributed by atoms with Gasteiger partial charge in [0, 0.05) is 6.54 Å². The van der Waals surface area contributed by atoms with Gasteiger partial charge in [0.15, 0.2) is 0 Å². The van der Waals surface area contributed by atoms with Crippen LogP contribution in [0.15, 0.2) is 30.6 Å². The number of morpholine rings is 1. The second-order valence-electron chi connectivity index (χ2n) is 9.35. The molecule has 1 spiro atoms. The third-order valence-corrected chi connectivity index (χ3v) is 6.69. The molecule has 7 nitrogen and oxygen atoms in total. The van der Waals surface area contributed by atoms with Gasteiger partial charge in [-0.25, -0.2) is 4.68 Å². The highest BCUT2D eigenvalue weighted by atomic mass is 16.5. The number of amides is 1. The monoisotopic (exact) mass is 381 g/mol. The van der Waals surface area contributed by atoms with Gasteiger partial charge in [-0.3, -0.25) is 4.79 Å². The second kappa shape index (κ2) is 6.37. The third-order valence-electron chi connectivity index (χ3n) is 6.69. The lowest BCUT2D eigenvalue weighted by Crippen LogP contribution is -2.63. The molecule has 2 bridgehead atoms. The van der Waals surface area contributed by atoms with E-state index in [0.29, 0.717) is 18.9 Å². The summed E-state index contributed by atoms with van der Waals surface area (Å²) in [5, 5.41) is 11.2. The Morgan fingerprint density at radius 2 is 2.04 bits per heavy atom. The molecule has 2 aromatic rings. The molecule has 3 fully saturated rings. The Balaban J connectivity index is 1.30. The highest BCUT2D eigenvalue weighted by Crippen LogP contribution is 2.55. The van der Waals surface area contributed by atoms with E-state index in [0.717, 1.165) is 30.1 Å². The molecule has 7 heteroatoms. The molecule has 2 heterocycles. The topological polar surface area (TPSA) is 73.1 Å². The van der Waals surface area contributed by atoms with Gasteiger partial charge in [0.25, 0.3) is 0 Å². The van der Waals surface area contributed by atoms with Crippen LogP contribution in [0.2, 0.25) is 0 Å². The molecule has 3 atom stereocenters. The Kier molecular flexibility index (Phi) is 4.05. The first-order valence-corrected chi connectivity index (χ1v) is 10.2. The highest BCUT2D eigenvalue weighted by molar-refractivity contribution is 5.79. The van der Waals surface area contributed by atoms with Gasteiger partial charge in [-0.15, -0.1) is 5.10 Å². The second-order valence-corrected chi connectivity index (χ2v) is 9.35. The minimum Gasteiger partial charge on any atom is -0.365 e. The predicted octanol–water partition coefficient (Wildman–Crippen LogP) is 2.40. The summed E-state index contributed by atoms with van der Waals surface area (Å²) in [4.78, 5) is 15.2. The normalized spacial score (nSPS) is 30.9. The summed E-state index contributed by atoms with van der Waals surface area (Å²) < 4.78 is 8.23. The maximum absolute atomic E-state index is 13.1. The molecule has 148 valence electrons. The maximum atomic E-state index is 13.1. The fourth-order valence-electron chi connectivity index (χ4n) is 5.67. The smallest absolute Gasteiger partial charge is 0.227 e. The van der Waals surface area contributed by atoms with Crippen LogP contribution in [0.1, 0.15) is 45.1 Å². The van der Waals surface area contributed by atoms with Crippen molar-refractivity contribution in [3.8, 4) is 5.69 Å². The number of fused-ring (bicyclic) bond motifs is 3. The molecular weight excluding hydrogens is 354 g/mol. The van der Waals surface area contributed by atoms with E-state index in [1.54, 1.807) is 11.0 Å². The highest BCUT2D eigenvalue weighted by Gasteiger charge is 2.57. The number of carbonyl (C=O) groups is 1. The first-order chi connectivity index (χ1) is 13.4. The van der Waals surface area contributed by atoms with Crippen molar-refractivity contribution in [1.29, 1.82) is 0 Å². The van der Waals surface area contributed by atoms with E-state index >= 15 is 0 Å². The minimum absolute atomic E-state index is 0.121. The van der Waals surface area contributed by atoms with Gasteiger partial charge < -0.3 is 9.64 Å². The number of hydrogen-bond donors (Lipinski definition) is 0. The molecule has 2 saturated carbocycles. The van der Waals surface area contributed by atoms with Gasteiger partial charge in [-0.2, -0.15) is 0 Å². The number of aromatic nitrogens is 4. The quantitative estimate of drug-likeness (QED) is 0.816. The number of nitrogens with zero attached hydrogens (tertiary/aromatic N) is 5. The Morgan fingerprint density at radius 3 is 2.68 bits per heavy atom. The fraction of sp³-hybridized carbons (Fsp3) is 0.619. The first-order valence-electron chi connectivity index (χ1n) is 10.2. The van der Waals surface area contributed by atoms with Crippen molar-refractivity contribution < 1.29 is 9.53 Å². The van der Waals surface area contributed by atoms with Crippen LogP contribution in [-0.4, -0.2) is 55.3 Å². The summed E-state index contributed by atoms with van der Waals surface area (Å²) in [7, 11) is 0. The van der Waals surface area contributed by atoms with Gasteiger partial charge >= 0.3 is 0 Å². The largest absolute Gasteiger partial charge is 0.365 e. The van der Waals surface area contributed by atoms with Crippen molar-refractivity contribution in [2.24, 2.45) is 11.8 Å². The average molecular weight is 381 g/mol. The Bertz CT molecular complexity index is 863. The zero-order valence-electron chi connectivity index (χ0n) is 16.5. The summed E-state index contributed by atoms with van der Waals surface area (Å²) in [6.45, 7) is 5.66. The molecule has 2 aliphatic carbocycles. The van der Waals surface area contributed by atoms with E-state index < -0.39 is 0 Å². The maximum Gasteiger partial charge on any atom is 0.227 e. The van der Waals surface area contributed by atoms with Crippen LogP contribution in [-0.2, 0) is 16.0 Å². The number of tetrazole rings is 1. The Hall–Kier alpha value is -2.28. The molecular formula is C21H27N5O2. The van der Waals surface area contributed by atoms with Gasteiger partial charge in [-0.1, -0.05) is 12.1 Å². The van der Waals surface area contributed by atoms with Crippen LogP contribution >= 0.6 is 0 Å². The predicted molar refractivity (Wildman–Crippen MR) is 103 cm³/mol. The zero-order valence-corrected chi connectivity index (χ0v) is 16.5. The summed E-state index contributed by atoms with van der Waals surface area (Å²) >= 11 is 0. The standard InChI is InChI=1S/C21H27N5O2/c1-20(2)12-25(13-21(28-20)11-16-3-6-17(21)9-16)19(27)10-15-4-7-18(8-5-15)26-14-22-23-24-26/h4-5,7-8,14,16-17H,3,6,9-13H2,1-2H3/t16-,17+,21+/m1/s1. The molecule has 28 heavy (non-hydrogen) atoms. The first kappa shape index (κ1) is 17.8. The molecule has 0 unspecified atom stereocenters. The molecule has 5 rings (SSSR count). The third kappa shape index (κ3) is 3.11. The van der Waals surface area contributed by atoms with E-state index in [9.17, 15) is 4.79 Å². The SMILES string of the molecule is CC1(C)CN(C(=O)Cc2ccc(-n3cnnn3)cc2)C[C@]2(C[C@@H]3CC[C@H]2C3)O1. The molecule has 0 N–H and O–H groups in total. The summed E-state index contributed by atoms with van der Waals surface area (Å²) in [5.74, 6) is 1.59. The van der Waals surface area contributed by atoms with E-state index in [4.69, 9.17) is 4.74 Å². The molecule has 1 aliphatic heterocycles. The van der Waals surface area contributed by atoms with Crippen LogP contribution in [0.3, 0.4) is 0 Å². The van der Waals surface area contributed by atoms with Crippen LogP contribution in [0.5, 0.6) is 0 Å². The molecule has 1 aromatic carbocycles. The van der Waals surface area contributed by atoms with Crippen LogP contribution in [0.4, 0.5) is 0 Å². The van der Waals surface area contributed by atoms with Crippen molar-refractivity contribution in [2.75, 3.05) is 13.1 Å². The van der Waals surface area contributed by atoms with Crippen LogP contribution in [0.25, 0.3) is 5.69 Å². The number of hydrogen-bond acceptors (Lipinski definition) is 5. The van der Waals surface area contributed by atoms with E-state index in [2.05, 4.69) is 34.3 Å². The van der Waals surface area contributed by atoms with Crippen molar-refractivity contribution in [1.82, 2.24) is 25.1 Å². The minimum atomic E-state index is -0.289. The number of ether oxygens (including phenoxy) is 1. The lowest BCUT2D eigenvalue weighted by molar-refractivity contribution is -0.217. The number of rotatable bonds is 3. The summed E-state index contributed by atoms with van der Waals surface area (Å²) in [6, 6.07) is 7.85. The molecule has 1 aromatic heterocycles. The van der Waals surface area contributed by atoms with Crippen LogP contribution in [0, 0.1) is 11.8 Å². The number of carbonyl (C=O) groups excluding carboxylic acids is 1. The van der Waals surface area contributed by atoms with Crippen molar-refractivity contribution in [3.63, 3.8) is 0 Å². The lowest BCUT2D eigenvalue weighted by Gasteiger charge is -2.52. The number of benzene rings is 1. The van der Waals surface area contributed by atoms with Gasteiger partial charge in [0.2, 0.25) is 5.91 Å². The van der Waals surface area contributed by atoms with E-state index in [1.165, 1.54) is 19.3 Å². The molecule has 1 amide bonds. The van der Waals surface area contributed by atoms with Crippen molar-refractivity contribution in [2.45, 2.75) is 57.2 Å². The Morgan fingerprint density at radius 1 is 1.21 bits per heavy atom. The molecule has 3 aliphatic rings. The Labute approximate surface area is 165 Å². The zero-order chi connectivity index (χ0) is 19.4. The van der Waals surface area contributed by atoms with Crippen LogP contribution < -0.4 is 0 Å². The van der Waals surface area contributed by atoms with E-state index in [1.807, 2.05) is 24.3 Å². The average Bonchev–Trinajstić information content (AvgIpc) is 3.38. The molecule has 1 saturated heterocycles. The van der Waals surface area contributed by atoms with Crippen molar-refractivity contribution in [3.05, 3.63) is 36.2 Å². The summed E-state index contributed by atoms with van der Waals surface area (Å²) in [5.41, 5.74) is 1.48. The fourth-order valence-corrected chi connectivity index (χ4v) is 5.67. The van der Waals surface area contributed by atoms with Crippen molar-refractivity contribution >= 4 is 5.91 Å². The van der Waals surface area contributed by atoms with Gasteiger partial charge in [-0.05, 0) is 79.5 Å². The lowest BCUT2D eigenvalue weighted by atomic mass is 9.81. The van der Waals surface area contributed by atoms with Gasteiger partial charge in [0.1, 0.15) is 6.33 Å². The summed E-state index contributed by atoms with van der Waals surface area (Å²) in [6.07, 6.45) is 6.95.